The minimum atomic E-state index is -0.482. The van der Waals surface area contributed by atoms with Gasteiger partial charge in [-0.1, -0.05) is 6.07 Å². The van der Waals surface area contributed by atoms with Crippen LogP contribution in [0, 0.1) is 10.1 Å². The van der Waals surface area contributed by atoms with Crippen molar-refractivity contribution in [1.82, 2.24) is 9.97 Å². The fourth-order valence-electron chi connectivity index (χ4n) is 2.86. The average molecular weight is 405 g/mol. The number of anilines is 2. The molecule has 1 aliphatic heterocycles. The molecule has 0 aliphatic carbocycles. The van der Waals surface area contributed by atoms with E-state index in [2.05, 4.69) is 15.3 Å². The summed E-state index contributed by atoms with van der Waals surface area (Å²) in [7, 11) is 3.14. The Bertz CT molecular complexity index is 841. The Morgan fingerprint density at radius 3 is 2.59 bits per heavy atom. The molecular weight excluding hydrogens is 382 g/mol. The maximum Gasteiger partial charge on any atom is 0.353 e. The zero-order valence-electron chi connectivity index (χ0n) is 16.3. The molecule has 1 aromatic carbocycles. The fourth-order valence-corrected chi connectivity index (χ4v) is 2.86. The second-order valence-electron chi connectivity index (χ2n) is 6.17. The van der Waals surface area contributed by atoms with Crippen LogP contribution >= 0.6 is 0 Å². The normalized spacial score (nSPS) is 12.1. The molecule has 0 saturated carbocycles. The monoisotopic (exact) mass is 405 g/mol. The molecule has 3 rings (SSSR count). The van der Waals surface area contributed by atoms with Crippen molar-refractivity contribution in [2.45, 2.75) is 6.54 Å². The molecule has 1 aliphatic rings. The van der Waals surface area contributed by atoms with E-state index in [1.807, 2.05) is 12.1 Å². The van der Waals surface area contributed by atoms with Crippen molar-refractivity contribution in [3.63, 3.8) is 0 Å². The number of ether oxygens (including phenoxy) is 4. The number of methoxy groups -OCH3 is 2. The molecule has 0 amide bonds. The summed E-state index contributed by atoms with van der Waals surface area (Å²) in [6.07, 6.45) is 1.30. The SMILES string of the molecule is COCCN(CCOC)c1ncnc(NCc2ccc3c(c2)OCO3)c1[N+](=O)[O-]. The zero-order chi connectivity index (χ0) is 20.6. The van der Waals surface area contributed by atoms with E-state index in [9.17, 15) is 10.1 Å². The Morgan fingerprint density at radius 2 is 1.90 bits per heavy atom. The van der Waals surface area contributed by atoms with Crippen LogP contribution in [0.2, 0.25) is 0 Å². The minimum absolute atomic E-state index is 0.137. The van der Waals surface area contributed by atoms with Gasteiger partial charge in [0.05, 0.1) is 18.1 Å². The summed E-state index contributed by atoms with van der Waals surface area (Å²) in [5, 5.41) is 14.9. The van der Waals surface area contributed by atoms with Crippen LogP contribution in [-0.4, -0.2) is 62.2 Å². The molecule has 29 heavy (non-hydrogen) atoms. The Labute approximate surface area is 167 Å². The number of nitrogens with zero attached hydrogens (tertiary/aromatic N) is 4. The number of hydrogen-bond acceptors (Lipinski definition) is 10. The van der Waals surface area contributed by atoms with Gasteiger partial charge in [0.15, 0.2) is 11.5 Å². The Balaban J connectivity index is 1.82. The first-order chi connectivity index (χ1) is 14.1. The molecule has 11 nitrogen and oxygen atoms in total. The lowest BCUT2D eigenvalue weighted by molar-refractivity contribution is -0.383. The van der Waals surface area contributed by atoms with E-state index < -0.39 is 4.92 Å². The molecule has 2 heterocycles. The quantitative estimate of drug-likeness (QED) is 0.438. The third-order valence-corrected chi connectivity index (χ3v) is 4.31. The van der Waals surface area contributed by atoms with Gasteiger partial charge in [-0.05, 0) is 17.7 Å². The van der Waals surface area contributed by atoms with Gasteiger partial charge in [0, 0.05) is 33.9 Å². The van der Waals surface area contributed by atoms with Crippen molar-refractivity contribution < 1.29 is 23.9 Å². The van der Waals surface area contributed by atoms with Crippen molar-refractivity contribution in [3.05, 3.63) is 40.2 Å². The van der Waals surface area contributed by atoms with E-state index in [1.54, 1.807) is 25.2 Å². The van der Waals surface area contributed by atoms with Crippen LogP contribution in [0.25, 0.3) is 0 Å². The highest BCUT2D eigenvalue weighted by Crippen LogP contribution is 2.34. The summed E-state index contributed by atoms with van der Waals surface area (Å²) in [6, 6.07) is 5.49. The van der Waals surface area contributed by atoms with Gasteiger partial charge in [-0.3, -0.25) is 10.1 Å². The van der Waals surface area contributed by atoms with E-state index in [0.717, 1.165) is 5.56 Å². The molecule has 0 bridgehead atoms. The number of nitro groups is 1. The van der Waals surface area contributed by atoms with Gasteiger partial charge in [-0.25, -0.2) is 9.97 Å². The molecule has 11 heteroatoms. The smallest absolute Gasteiger partial charge is 0.353 e. The summed E-state index contributed by atoms with van der Waals surface area (Å²) in [4.78, 5) is 21.3. The molecule has 1 aromatic heterocycles. The highest BCUT2D eigenvalue weighted by molar-refractivity contribution is 5.70. The first-order valence-electron chi connectivity index (χ1n) is 8.98. The van der Waals surface area contributed by atoms with Crippen LogP contribution < -0.4 is 19.7 Å². The Hall–Kier alpha value is -3.18. The van der Waals surface area contributed by atoms with Crippen LogP contribution in [-0.2, 0) is 16.0 Å². The van der Waals surface area contributed by atoms with Crippen molar-refractivity contribution in [2.75, 3.05) is 57.5 Å². The van der Waals surface area contributed by atoms with Crippen LogP contribution in [0.15, 0.2) is 24.5 Å². The maximum atomic E-state index is 11.8. The van der Waals surface area contributed by atoms with Gasteiger partial charge in [-0.15, -0.1) is 0 Å². The van der Waals surface area contributed by atoms with Gasteiger partial charge >= 0.3 is 5.69 Å². The molecule has 0 atom stereocenters. The predicted octanol–water partition coefficient (Wildman–Crippen LogP) is 1.82. The average Bonchev–Trinajstić information content (AvgIpc) is 3.20. The lowest BCUT2D eigenvalue weighted by atomic mass is 10.2. The van der Waals surface area contributed by atoms with E-state index in [1.165, 1.54) is 6.33 Å². The maximum absolute atomic E-state index is 11.8. The third-order valence-electron chi connectivity index (χ3n) is 4.31. The molecule has 2 aromatic rings. The standard InChI is InChI=1S/C18H23N5O6/c1-26-7-5-22(6-8-27-2)18-16(23(24)25)17(20-11-21-18)19-10-13-3-4-14-15(9-13)29-12-28-14/h3-4,9,11H,5-8,10,12H2,1-2H3,(H,19,20,21). The fraction of sp³-hybridized carbons (Fsp3) is 0.444. The van der Waals surface area contributed by atoms with Crippen LogP contribution in [0.1, 0.15) is 5.56 Å². The third kappa shape index (κ3) is 5.00. The van der Waals surface area contributed by atoms with Gasteiger partial charge in [0.2, 0.25) is 18.4 Å². The van der Waals surface area contributed by atoms with Crippen molar-refractivity contribution in [1.29, 1.82) is 0 Å². The van der Waals surface area contributed by atoms with Gasteiger partial charge in [-0.2, -0.15) is 0 Å². The minimum Gasteiger partial charge on any atom is -0.454 e. The van der Waals surface area contributed by atoms with Crippen molar-refractivity contribution in [2.24, 2.45) is 0 Å². The molecule has 0 unspecified atom stereocenters. The van der Waals surface area contributed by atoms with Crippen molar-refractivity contribution in [3.8, 4) is 11.5 Å². The molecule has 0 saturated heterocycles. The number of hydrogen-bond donors (Lipinski definition) is 1. The largest absolute Gasteiger partial charge is 0.454 e. The summed E-state index contributed by atoms with van der Waals surface area (Å²) in [5.74, 6) is 1.67. The second-order valence-corrected chi connectivity index (χ2v) is 6.17. The number of aromatic nitrogens is 2. The van der Waals surface area contributed by atoms with Crippen LogP contribution in [0.5, 0.6) is 11.5 Å². The highest BCUT2D eigenvalue weighted by Gasteiger charge is 2.27. The first kappa shape index (κ1) is 20.6. The summed E-state index contributed by atoms with van der Waals surface area (Å²) in [5.41, 5.74) is 0.680. The molecule has 156 valence electrons. The van der Waals surface area contributed by atoms with E-state index in [4.69, 9.17) is 18.9 Å². The lowest BCUT2D eigenvalue weighted by Gasteiger charge is -2.23. The molecule has 0 fully saturated rings. The van der Waals surface area contributed by atoms with Gasteiger partial charge in [0.25, 0.3) is 0 Å². The number of benzene rings is 1. The number of nitrogens with one attached hydrogen (secondary N) is 1. The molecule has 0 radical (unpaired) electrons. The van der Waals surface area contributed by atoms with Gasteiger partial charge < -0.3 is 29.2 Å². The molecular formula is C18H23N5O6. The highest BCUT2D eigenvalue weighted by atomic mass is 16.7. The van der Waals surface area contributed by atoms with Gasteiger partial charge in [0.1, 0.15) is 6.33 Å². The number of fused-ring (bicyclic) bond motifs is 1. The summed E-state index contributed by atoms with van der Waals surface area (Å²) in [6.45, 7) is 2.16. The van der Waals surface area contributed by atoms with Crippen LogP contribution in [0.4, 0.5) is 17.3 Å². The molecule has 1 N–H and O–H groups in total. The predicted molar refractivity (Wildman–Crippen MR) is 105 cm³/mol. The van der Waals surface area contributed by atoms with Crippen LogP contribution in [0.3, 0.4) is 0 Å². The lowest BCUT2D eigenvalue weighted by Crippen LogP contribution is -2.32. The van der Waals surface area contributed by atoms with E-state index in [-0.39, 0.29) is 24.1 Å². The zero-order valence-corrected chi connectivity index (χ0v) is 16.3. The first-order valence-corrected chi connectivity index (χ1v) is 8.98. The summed E-state index contributed by atoms with van der Waals surface area (Å²) >= 11 is 0. The van der Waals surface area contributed by atoms with E-state index in [0.29, 0.717) is 44.3 Å². The van der Waals surface area contributed by atoms with Crippen molar-refractivity contribution >= 4 is 17.3 Å². The number of rotatable bonds is 11. The topological polar surface area (TPSA) is 121 Å². The Morgan fingerprint density at radius 1 is 1.17 bits per heavy atom. The molecule has 0 spiro atoms. The second kappa shape index (κ2) is 9.85. The Kier molecular flexibility index (Phi) is 6.98. The van der Waals surface area contributed by atoms with E-state index >= 15 is 0 Å². The summed E-state index contributed by atoms with van der Waals surface area (Å²) < 4.78 is 20.9.